The third kappa shape index (κ3) is 2.48. The fourth-order valence-corrected chi connectivity index (χ4v) is 4.36. The van der Waals surface area contributed by atoms with Crippen molar-refractivity contribution in [1.29, 1.82) is 0 Å². The molecule has 10 heteroatoms. The second-order valence-electron chi connectivity index (χ2n) is 5.22. The molecule has 0 saturated heterocycles. The van der Waals surface area contributed by atoms with Gasteiger partial charge in [0.2, 0.25) is 5.60 Å². The Bertz CT molecular complexity index is 961. The molecule has 1 aliphatic rings. The third-order valence-electron chi connectivity index (χ3n) is 3.60. The molecule has 3 rings (SSSR count). The number of carbonyl (C=O) groups is 2. The number of anilines is 1. The Kier molecular flexibility index (Phi) is 3.89. The van der Waals surface area contributed by atoms with E-state index in [4.69, 9.17) is 27.8 Å². The van der Waals surface area contributed by atoms with Crippen molar-refractivity contribution < 1.29 is 18.5 Å². The molecular formula is C14H12ClN3O4S2. The number of amides is 1. The molecule has 0 spiro atoms. The molecule has 1 atom stereocenters. The molecular weight excluding hydrogens is 374 g/mol. The maximum atomic E-state index is 12.3. The van der Waals surface area contributed by atoms with Gasteiger partial charge in [0, 0.05) is 11.6 Å². The minimum Gasteiger partial charge on any atom is -0.436 e. The molecule has 0 aromatic carbocycles. The Morgan fingerprint density at radius 3 is 2.54 bits per heavy atom. The van der Waals surface area contributed by atoms with E-state index < -0.39 is 28.3 Å². The van der Waals surface area contributed by atoms with Crippen molar-refractivity contribution >= 4 is 61.5 Å². The number of nitrogens with zero attached hydrogens (tertiary/aromatic N) is 1. The molecule has 0 saturated carbocycles. The summed E-state index contributed by atoms with van der Waals surface area (Å²) in [5, 5.41) is 0.966. The highest BCUT2D eigenvalue weighted by Crippen LogP contribution is 2.40. The average Bonchev–Trinajstić information content (AvgIpc) is 3.20. The number of aromatic nitrogens is 1. The van der Waals surface area contributed by atoms with Crippen LogP contribution < -0.4 is 11.5 Å². The van der Waals surface area contributed by atoms with Gasteiger partial charge in [-0.05, 0) is 24.6 Å². The van der Waals surface area contributed by atoms with Crippen molar-refractivity contribution in [3.05, 3.63) is 27.6 Å². The van der Waals surface area contributed by atoms with Gasteiger partial charge in [0.15, 0.2) is 0 Å². The van der Waals surface area contributed by atoms with E-state index in [1.54, 1.807) is 6.92 Å². The molecule has 0 aliphatic heterocycles. The smallest absolute Gasteiger partial charge is 0.352 e. The van der Waals surface area contributed by atoms with Gasteiger partial charge in [-0.25, -0.2) is 9.78 Å². The zero-order valence-corrected chi connectivity index (χ0v) is 15.0. The summed E-state index contributed by atoms with van der Waals surface area (Å²) in [5.41, 5.74) is 10.5. The van der Waals surface area contributed by atoms with Gasteiger partial charge in [0.1, 0.15) is 14.7 Å². The molecule has 7 nitrogen and oxygen atoms in total. The summed E-state index contributed by atoms with van der Waals surface area (Å²) in [6, 6.07) is 0. The summed E-state index contributed by atoms with van der Waals surface area (Å²) in [4.78, 5) is 28.4. The number of hydrogen-bond acceptors (Lipinski definition) is 7. The number of ether oxygens (including phenoxy) is 1. The number of pyridine rings is 1. The average molecular weight is 386 g/mol. The van der Waals surface area contributed by atoms with Crippen LogP contribution in [-0.2, 0) is 20.3 Å². The number of nitrogen functional groups attached to an aromatic ring is 1. The number of carbonyl (C=O) groups excluding carboxylic acids is 2. The first-order valence-electron chi connectivity index (χ1n) is 6.63. The van der Waals surface area contributed by atoms with Crippen molar-refractivity contribution in [2.24, 2.45) is 5.73 Å². The van der Waals surface area contributed by atoms with E-state index in [1.165, 1.54) is 18.4 Å². The van der Waals surface area contributed by atoms with Crippen LogP contribution in [0.5, 0.6) is 0 Å². The van der Waals surface area contributed by atoms with Crippen molar-refractivity contribution in [1.82, 2.24) is 4.98 Å². The molecule has 0 bridgehead atoms. The van der Waals surface area contributed by atoms with E-state index >= 15 is 0 Å². The minimum atomic E-state index is -1.48. The van der Waals surface area contributed by atoms with Crippen LogP contribution in [0.15, 0.2) is 17.2 Å². The third-order valence-corrected chi connectivity index (χ3v) is 6.09. The number of halogens is 1. The number of primary amides is 1. The highest BCUT2D eigenvalue weighted by molar-refractivity contribution is 7.84. The molecule has 1 aliphatic carbocycles. The highest BCUT2D eigenvalue weighted by atomic mass is 35.5. The lowest BCUT2D eigenvalue weighted by Gasteiger charge is -2.12. The molecule has 2 aromatic heterocycles. The van der Waals surface area contributed by atoms with E-state index in [-0.39, 0.29) is 20.6 Å². The fourth-order valence-electron chi connectivity index (χ4n) is 2.18. The Hall–Kier alpha value is -1.97. The normalized spacial score (nSPS) is 16.1. The van der Waals surface area contributed by atoms with Gasteiger partial charge in [-0.3, -0.25) is 9.00 Å². The second kappa shape index (κ2) is 5.54. The molecule has 2 aromatic rings. The summed E-state index contributed by atoms with van der Waals surface area (Å²) < 4.78 is 16.9. The first-order chi connectivity index (χ1) is 11.2. The maximum absolute atomic E-state index is 12.3. The van der Waals surface area contributed by atoms with Gasteiger partial charge < -0.3 is 16.2 Å². The van der Waals surface area contributed by atoms with Crippen molar-refractivity contribution in [3.8, 4) is 0 Å². The zero-order chi connectivity index (χ0) is 17.8. The first kappa shape index (κ1) is 16.9. The van der Waals surface area contributed by atoms with E-state index in [0.29, 0.717) is 15.8 Å². The first-order valence-corrected chi connectivity index (χ1v) is 9.38. The van der Waals surface area contributed by atoms with E-state index in [0.717, 1.165) is 11.3 Å². The van der Waals surface area contributed by atoms with Crippen LogP contribution in [-0.4, -0.2) is 32.9 Å². The topological polar surface area (TPSA) is 125 Å². The maximum Gasteiger partial charge on any atom is 0.352 e. The van der Waals surface area contributed by atoms with Gasteiger partial charge in [-0.2, -0.15) is 0 Å². The molecule has 1 amide bonds. The van der Waals surface area contributed by atoms with Crippen molar-refractivity contribution in [3.63, 3.8) is 0 Å². The number of thiophene rings is 1. The monoisotopic (exact) mass is 385 g/mol. The molecule has 24 heavy (non-hydrogen) atoms. The number of rotatable bonds is 4. The van der Waals surface area contributed by atoms with Crippen LogP contribution >= 0.6 is 22.9 Å². The second-order valence-corrected chi connectivity index (χ2v) is 7.89. The van der Waals surface area contributed by atoms with Gasteiger partial charge in [-0.15, -0.1) is 11.3 Å². The molecule has 0 fully saturated rings. The summed E-state index contributed by atoms with van der Waals surface area (Å²) in [6.07, 6.45) is 4.23. The summed E-state index contributed by atoms with van der Waals surface area (Å²) in [5.74, 6) is -1.56. The van der Waals surface area contributed by atoms with Crippen molar-refractivity contribution in [2.45, 2.75) is 17.6 Å². The van der Waals surface area contributed by atoms with Gasteiger partial charge in [-0.1, -0.05) is 11.6 Å². The van der Waals surface area contributed by atoms with Crippen LogP contribution in [0, 0.1) is 6.92 Å². The number of aryl methyl sites for hydroxylation is 1. The largest absolute Gasteiger partial charge is 0.436 e. The Morgan fingerprint density at radius 2 is 2.04 bits per heavy atom. The fraction of sp³-hybridized carbons (Fsp3) is 0.214. The Balaban J connectivity index is 2.09. The summed E-state index contributed by atoms with van der Waals surface area (Å²) in [6.45, 7) is 1.70. The molecule has 0 radical (unpaired) electrons. The van der Waals surface area contributed by atoms with Gasteiger partial charge in [0.25, 0.3) is 5.91 Å². The number of esters is 1. The lowest BCUT2D eigenvalue weighted by molar-refractivity contribution is -0.127. The molecule has 4 N–H and O–H groups in total. The van der Waals surface area contributed by atoms with Gasteiger partial charge in [0.05, 0.1) is 21.5 Å². The molecule has 126 valence electrons. The van der Waals surface area contributed by atoms with E-state index in [9.17, 15) is 13.8 Å². The quantitative estimate of drug-likeness (QED) is 0.607. The summed E-state index contributed by atoms with van der Waals surface area (Å²) >= 11 is 7.18. The van der Waals surface area contributed by atoms with Crippen LogP contribution in [0.1, 0.15) is 15.2 Å². The molecule has 1 unspecified atom stereocenters. The van der Waals surface area contributed by atoms with Crippen LogP contribution in [0.25, 0.3) is 10.2 Å². The Morgan fingerprint density at radius 1 is 1.42 bits per heavy atom. The standard InChI is InChI=1S/C14H12ClN3O4S2/c1-5-6-8(16)9(12(19)22-14(3-4-14)13(17)20)23-10(6)18-11(7(5)15)24(2)21/h3-4H,16H2,1-2H3,(H2,17,20). The van der Waals surface area contributed by atoms with Crippen LogP contribution in [0.3, 0.4) is 0 Å². The summed E-state index contributed by atoms with van der Waals surface area (Å²) in [7, 11) is -1.39. The molecule has 2 heterocycles. The predicted molar refractivity (Wildman–Crippen MR) is 92.6 cm³/mol. The predicted octanol–water partition coefficient (Wildman–Crippen LogP) is 1.53. The number of hydrogen-bond donors (Lipinski definition) is 2. The van der Waals surface area contributed by atoms with E-state index in [2.05, 4.69) is 4.98 Å². The van der Waals surface area contributed by atoms with Crippen molar-refractivity contribution in [2.75, 3.05) is 12.0 Å². The lowest BCUT2D eigenvalue weighted by Crippen LogP contribution is -2.36. The Labute approximate surface area is 148 Å². The van der Waals surface area contributed by atoms with Crippen LogP contribution in [0.4, 0.5) is 5.69 Å². The lowest BCUT2D eigenvalue weighted by atomic mass is 10.1. The van der Waals surface area contributed by atoms with Crippen LogP contribution in [0.2, 0.25) is 5.02 Å². The SMILES string of the molecule is Cc1c(Cl)c(S(C)=O)nc2sc(C(=O)OC3(C(N)=O)C=C3)c(N)c12. The number of nitrogens with two attached hydrogens (primary N) is 2. The van der Waals surface area contributed by atoms with E-state index in [1.807, 2.05) is 0 Å². The zero-order valence-electron chi connectivity index (χ0n) is 12.6. The minimum absolute atomic E-state index is 0.0880. The number of fused-ring (bicyclic) bond motifs is 1. The van der Waals surface area contributed by atoms with Gasteiger partial charge >= 0.3 is 5.97 Å². The highest BCUT2D eigenvalue weighted by Gasteiger charge is 2.45.